The molecular formula is C25H32Cl2N2O2. The van der Waals surface area contributed by atoms with Gasteiger partial charge >= 0.3 is 0 Å². The number of halogens is 2. The van der Waals surface area contributed by atoms with E-state index >= 15 is 0 Å². The Hall–Kier alpha value is -2.04. The molecule has 168 valence electrons. The Morgan fingerprint density at radius 2 is 1.58 bits per heavy atom. The van der Waals surface area contributed by atoms with Gasteiger partial charge in [-0.05, 0) is 64.3 Å². The Labute approximate surface area is 195 Å². The largest absolute Gasteiger partial charge is 0.350 e. The second-order valence-electron chi connectivity index (χ2n) is 9.11. The average Bonchev–Trinajstić information content (AvgIpc) is 2.62. The van der Waals surface area contributed by atoms with Crippen LogP contribution in [0.15, 0.2) is 36.4 Å². The van der Waals surface area contributed by atoms with Crippen molar-refractivity contribution in [3.63, 3.8) is 0 Å². The van der Waals surface area contributed by atoms with Crippen LogP contribution in [0.25, 0.3) is 0 Å². The van der Waals surface area contributed by atoms with E-state index < -0.39 is 11.6 Å². The summed E-state index contributed by atoms with van der Waals surface area (Å²) in [5.41, 5.74) is 3.59. The van der Waals surface area contributed by atoms with Gasteiger partial charge in [-0.2, -0.15) is 0 Å². The van der Waals surface area contributed by atoms with E-state index in [1.54, 1.807) is 17.0 Å². The van der Waals surface area contributed by atoms with E-state index in [-0.39, 0.29) is 24.8 Å². The first-order valence-corrected chi connectivity index (χ1v) is 11.3. The van der Waals surface area contributed by atoms with Gasteiger partial charge in [-0.25, -0.2) is 0 Å². The van der Waals surface area contributed by atoms with Crippen molar-refractivity contribution in [3.8, 4) is 0 Å². The van der Waals surface area contributed by atoms with Crippen LogP contribution in [0, 0.1) is 13.8 Å². The van der Waals surface area contributed by atoms with Gasteiger partial charge in [0.25, 0.3) is 0 Å². The maximum absolute atomic E-state index is 13.4. The molecule has 0 bridgehead atoms. The number of carbonyl (C=O) groups is 2. The summed E-state index contributed by atoms with van der Waals surface area (Å²) in [7, 11) is 0. The lowest BCUT2D eigenvalue weighted by Crippen LogP contribution is -2.53. The first kappa shape index (κ1) is 25.2. The standard InChI is InChI=1S/C25H32Cl2N2O2/c1-7-22(24(31)28-25(4,5)6)29(15-18-8-9-20(26)21(27)13-18)23(30)14-19-11-16(2)10-17(3)12-19/h8-13,22H,7,14-15H2,1-6H3,(H,28,31)/t22-/m0/s1. The van der Waals surface area contributed by atoms with E-state index in [1.807, 2.05) is 59.7 Å². The van der Waals surface area contributed by atoms with Crippen LogP contribution < -0.4 is 5.32 Å². The van der Waals surface area contributed by atoms with E-state index in [2.05, 4.69) is 11.4 Å². The summed E-state index contributed by atoms with van der Waals surface area (Å²) >= 11 is 12.2. The molecule has 2 aromatic rings. The van der Waals surface area contributed by atoms with Crippen LogP contribution in [-0.2, 0) is 22.6 Å². The lowest BCUT2D eigenvalue weighted by Gasteiger charge is -2.33. The number of amides is 2. The number of aryl methyl sites for hydroxylation is 2. The Bertz CT molecular complexity index is 931. The van der Waals surface area contributed by atoms with Gasteiger partial charge in [-0.15, -0.1) is 0 Å². The number of hydrogen-bond donors (Lipinski definition) is 1. The fourth-order valence-electron chi connectivity index (χ4n) is 3.65. The Balaban J connectivity index is 2.37. The van der Waals surface area contributed by atoms with Crippen molar-refractivity contribution in [1.82, 2.24) is 10.2 Å². The van der Waals surface area contributed by atoms with Crippen molar-refractivity contribution < 1.29 is 9.59 Å². The van der Waals surface area contributed by atoms with Crippen molar-refractivity contribution in [2.75, 3.05) is 0 Å². The minimum atomic E-state index is -0.591. The topological polar surface area (TPSA) is 49.4 Å². The molecule has 0 aliphatic heterocycles. The molecule has 0 unspecified atom stereocenters. The molecule has 0 aliphatic rings. The molecule has 2 rings (SSSR count). The van der Waals surface area contributed by atoms with Gasteiger partial charge in [-0.3, -0.25) is 9.59 Å². The predicted molar refractivity (Wildman–Crippen MR) is 129 cm³/mol. The highest BCUT2D eigenvalue weighted by Gasteiger charge is 2.30. The molecule has 31 heavy (non-hydrogen) atoms. The van der Waals surface area contributed by atoms with Crippen LogP contribution in [0.3, 0.4) is 0 Å². The lowest BCUT2D eigenvalue weighted by molar-refractivity contribution is -0.141. The molecule has 0 saturated heterocycles. The molecule has 0 heterocycles. The number of nitrogens with zero attached hydrogens (tertiary/aromatic N) is 1. The normalized spacial score (nSPS) is 12.4. The van der Waals surface area contributed by atoms with Crippen LogP contribution in [0.4, 0.5) is 0 Å². The minimum absolute atomic E-state index is 0.105. The summed E-state index contributed by atoms with van der Waals surface area (Å²) in [4.78, 5) is 28.2. The number of benzene rings is 2. The first-order chi connectivity index (χ1) is 14.4. The zero-order valence-electron chi connectivity index (χ0n) is 19.2. The van der Waals surface area contributed by atoms with Crippen LogP contribution >= 0.6 is 23.2 Å². The minimum Gasteiger partial charge on any atom is -0.350 e. The third-order valence-electron chi connectivity index (χ3n) is 4.86. The van der Waals surface area contributed by atoms with Crippen molar-refractivity contribution in [3.05, 3.63) is 68.7 Å². The molecular weight excluding hydrogens is 431 g/mol. The van der Waals surface area contributed by atoms with Gasteiger partial charge in [0.1, 0.15) is 6.04 Å². The molecule has 0 aromatic heterocycles. The molecule has 2 aromatic carbocycles. The Kier molecular flexibility index (Phi) is 8.56. The molecule has 0 fully saturated rings. The summed E-state index contributed by atoms with van der Waals surface area (Å²) in [5, 5.41) is 3.89. The molecule has 6 heteroatoms. The van der Waals surface area contributed by atoms with Gasteiger partial charge in [0, 0.05) is 12.1 Å². The van der Waals surface area contributed by atoms with Gasteiger partial charge in [0.2, 0.25) is 11.8 Å². The summed E-state index contributed by atoms with van der Waals surface area (Å²) in [5.74, 6) is -0.268. The van der Waals surface area contributed by atoms with Crippen molar-refractivity contribution in [1.29, 1.82) is 0 Å². The highest BCUT2D eigenvalue weighted by atomic mass is 35.5. The summed E-state index contributed by atoms with van der Waals surface area (Å²) in [6.07, 6.45) is 0.727. The van der Waals surface area contributed by atoms with Gasteiger partial charge in [-0.1, -0.05) is 65.5 Å². The van der Waals surface area contributed by atoms with Crippen molar-refractivity contribution >= 4 is 35.0 Å². The second kappa shape index (κ2) is 10.5. The highest BCUT2D eigenvalue weighted by Crippen LogP contribution is 2.24. The van der Waals surface area contributed by atoms with Gasteiger partial charge in [0.05, 0.1) is 16.5 Å². The van der Waals surface area contributed by atoms with Crippen molar-refractivity contribution in [2.24, 2.45) is 0 Å². The average molecular weight is 463 g/mol. The molecule has 0 radical (unpaired) electrons. The maximum atomic E-state index is 13.4. The lowest BCUT2D eigenvalue weighted by atomic mass is 10.0. The SMILES string of the molecule is CC[C@@H](C(=O)NC(C)(C)C)N(Cc1ccc(Cl)c(Cl)c1)C(=O)Cc1cc(C)cc(C)c1. The molecule has 2 amide bonds. The quantitative estimate of drug-likeness (QED) is 0.558. The number of nitrogens with one attached hydrogen (secondary N) is 1. The second-order valence-corrected chi connectivity index (χ2v) is 9.92. The number of carbonyl (C=O) groups excluding carboxylic acids is 2. The molecule has 0 saturated carbocycles. The molecule has 0 spiro atoms. The fourth-order valence-corrected chi connectivity index (χ4v) is 3.97. The zero-order valence-corrected chi connectivity index (χ0v) is 20.7. The molecule has 1 atom stereocenters. The zero-order chi connectivity index (χ0) is 23.3. The summed E-state index contributed by atoms with van der Waals surface area (Å²) < 4.78 is 0. The first-order valence-electron chi connectivity index (χ1n) is 10.5. The summed E-state index contributed by atoms with van der Waals surface area (Å²) in [6.45, 7) is 12.0. The van der Waals surface area contributed by atoms with Crippen LogP contribution in [-0.4, -0.2) is 28.3 Å². The van der Waals surface area contributed by atoms with Crippen molar-refractivity contribution in [2.45, 2.75) is 72.5 Å². The predicted octanol–water partition coefficient (Wildman–Crippen LogP) is 5.87. The molecule has 0 aliphatic carbocycles. The van der Waals surface area contributed by atoms with E-state index in [9.17, 15) is 9.59 Å². The van der Waals surface area contributed by atoms with E-state index in [1.165, 1.54) is 0 Å². The monoisotopic (exact) mass is 462 g/mol. The van der Waals surface area contributed by atoms with Crippen LogP contribution in [0.2, 0.25) is 10.0 Å². The fraction of sp³-hybridized carbons (Fsp3) is 0.440. The van der Waals surface area contributed by atoms with Crippen LogP contribution in [0.5, 0.6) is 0 Å². The highest BCUT2D eigenvalue weighted by molar-refractivity contribution is 6.42. The number of hydrogen-bond acceptors (Lipinski definition) is 2. The van der Waals surface area contributed by atoms with Gasteiger partial charge < -0.3 is 10.2 Å². The molecule has 1 N–H and O–H groups in total. The smallest absolute Gasteiger partial charge is 0.243 e. The Morgan fingerprint density at radius 1 is 0.968 bits per heavy atom. The van der Waals surface area contributed by atoms with E-state index in [4.69, 9.17) is 23.2 Å². The summed E-state index contributed by atoms with van der Waals surface area (Å²) in [6, 6.07) is 10.8. The van der Waals surface area contributed by atoms with Gasteiger partial charge in [0.15, 0.2) is 0 Å². The van der Waals surface area contributed by atoms with E-state index in [0.29, 0.717) is 16.5 Å². The third kappa shape index (κ3) is 7.55. The third-order valence-corrected chi connectivity index (χ3v) is 5.60. The maximum Gasteiger partial charge on any atom is 0.243 e. The molecule has 4 nitrogen and oxygen atoms in total. The van der Waals surface area contributed by atoms with Crippen LogP contribution in [0.1, 0.15) is 56.4 Å². The number of rotatable bonds is 7. The Morgan fingerprint density at radius 3 is 2.10 bits per heavy atom. The van der Waals surface area contributed by atoms with E-state index in [0.717, 1.165) is 22.3 Å².